The first-order valence-electron chi connectivity index (χ1n) is 7.99. The maximum atomic E-state index is 12.3. The first-order chi connectivity index (χ1) is 12.2. The second kappa shape index (κ2) is 7.17. The smallest absolute Gasteiger partial charge is 0.361 e. The maximum Gasteiger partial charge on any atom is 0.361 e. The third-order valence-corrected chi connectivity index (χ3v) is 3.86. The molecule has 25 heavy (non-hydrogen) atoms. The fourth-order valence-corrected chi connectivity index (χ4v) is 2.60. The van der Waals surface area contributed by atoms with Crippen molar-refractivity contribution in [2.45, 2.75) is 13.8 Å². The number of methoxy groups -OCH3 is 1. The van der Waals surface area contributed by atoms with Gasteiger partial charge in [-0.2, -0.15) is 0 Å². The molecule has 2 aromatic carbocycles. The average Bonchev–Trinajstić information content (AvgIpc) is 3.07. The van der Waals surface area contributed by atoms with Crippen molar-refractivity contribution < 1.29 is 14.3 Å². The van der Waals surface area contributed by atoms with Gasteiger partial charge in [-0.25, -0.2) is 9.48 Å². The van der Waals surface area contributed by atoms with Crippen molar-refractivity contribution in [2.24, 2.45) is 0 Å². The number of aryl methyl sites for hydroxylation is 1. The number of rotatable bonds is 5. The molecule has 3 rings (SSSR count). The van der Waals surface area contributed by atoms with Crippen LogP contribution in [0.25, 0.3) is 16.9 Å². The summed E-state index contributed by atoms with van der Waals surface area (Å²) in [5, 5.41) is 8.27. The SMILES string of the molecule is CCOC(=O)c1nnn(-c2ccc(OC)cc2)c1-c1ccccc1C. The molecule has 0 amide bonds. The van der Waals surface area contributed by atoms with Gasteiger partial charge in [-0.15, -0.1) is 5.10 Å². The number of esters is 1. The highest BCUT2D eigenvalue weighted by atomic mass is 16.5. The Morgan fingerprint density at radius 1 is 1.12 bits per heavy atom. The van der Waals surface area contributed by atoms with E-state index in [1.165, 1.54) is 0 Å². The molecule has 0 aliphatic heterocycles. The number of aromatic nitrogens is 3. The molecule has 0 spiro atoms. The molecule has 0 unspecified atom stereocenters. The molecular weight excluding hydrogens is 318 g/mol. The zero-order chi connectivity index (χ0) is 17.8. The summed E-state index contributed by atoms with van der Waals surface area (Å²) >= 11 is 0. The minimum Gasteiger partial charge on any atom is -0.497 e. The maximum absolute atomic E-state index is 12.3. The van der Waals surface area contributed by atoms with Gasteiger partial charge in [0.05, 0.1) is 19.4 Å². The first kappa shape index (κ1) is 16.7. The number of hydrogen-bond donors (Lipinski definition) is 0. The third kappa shape index (κ3) is 3.24. The molecule has 6 heteroatoms. The highest BCUT2D eigenvalue weighted by Gasteiger charge is 2.24. The number of nitrogens with zero attached hydrogens (tertiary/aromatic N) is 3. The largest absolute Gasteiger partial charge is 0.497 e. The van der Waals surface area contributed by atoms with E-state index in [1.54, 1.807) is 18.7 Å². The van der Waals surface area contributed by atoms with Gasteiger partial charge in [0.1, 0.15) is 11.4 Å². The van der Waals surface area contributed by atoms with Gasteiger partial charge >= 0.3 is 5.97 Å². The van der Waals surface area contributed by atoms with Crippen molar-refractivity contribution in [3.05, 3.63) is 59.8 Å². The monoisotopic (exact) mass is 337 g/mol. The van der Waals surface area contributed by atoms with Gasteiger partial charge in [0.2, 0.25) is 0 Å². The van der Waals surface area contributed by atoms with Crippen LogP contribution in [0.4, 0.5) is 0 Å². The Balaban J connectivity index is 2.18. The second-order valence-electron chi connectivity index (χ2n) is 5.43. The molecule has 1 aromatic heterocycles. The lowest BCUT2D eigenvalue weighted by atomic mass is 10.0. The summed E-state index contributed by atoms with van der Waals surface area (Å²) in [6, 6.07) is 15.2. The standard InChI is InChI=1S/C19H19N3O3/c1-4-25-19(23)17-18(16-8-6-5-7-13(16)2)22(21-20-17)14-9-11-15(24-3)12-10-14/h5-12H,4H2,1-3H3. The third-order valence-electron chi connectivity index (χ3n) is 3.86. The molecule has 0 bridgehead atoms. The van der Waals surface area contributed by atoms with Crippen LogP contribution in [0.5, 0.6) is 5.75 Å². The van der Waals surface area contributed by atoms with Crippen LogP contribution in [-0.4, -0.2) is 34.7 Å². The minimum absolute atomic E-state index is 0.201. The second-order valence-corrected chi connectivity index (χ2v) is 5.43. The molecule has 6 nitrogen and oxygen atoms in total. The van der Waals surface area contributed by atoms with E-state index in [4.69, 9.17) is 9.47 Å². The van der Waals surface area contributed by atoms with Gasteiger partial charge in [-0.05, 0) is 43.7 Å². The van der Waals surface area contributed by atoms with E-state index in [1.807, 2.05) is 55.5 Å². The van der Waals surface area contributed by atoms with Crippen LogP contribution in [0.1, 0.15) is 23.0 Å². The van der Waals surface area contributed by atoms with Crippen molar-refractivity contribution in [1.29, 1.82) is 0 Å². The lowest BCUT2D eigenvalue weighted by molar-refractivity contribution is 0.0520. The minimum atomic E-state index is -0.486. The van der Waals surface area contributed by atoms with Crippen LogP contribution in [0.15, 0.2) is 48.5 Å². The zero-order valence-corrected chi connectivity index (χ0v) is 14.4. The van der Waals surface area contributed by atoms with Crippen molar-refractivity contribution in [2.75, 3.05) is 13.7 Å². The fraction of sp³-hybridized carbons (Fsp3) is 0.211. The molecular formula is C19H19N3O3. The van der Waals surface area contributed by atoms with Gasteiger partial charge in [0, 0.05) is 5.56 Å². The van der Waals surface area contributed by atoms with Crippen molar-refractivity contribution >= 4 is 5.97 Å². The van der Waals surface area contributed by atoms with E-state index >= 15 is 0 Å². The van der Waals surface area contributed by atoms with Crippen molar-refractivity contribution in [1.82, 2.24) is 15.0 Å². The summed E-state index contributed by atoms with van der Waals surface area (Å²) in [7, 11) is 1.61. The van der Waals surface area contributed by atoms with E-state index in [-0.39, 0.29) is 12.3 Å². The van der Waals surface area contributed by atoms with E-state index in [2.05, 4.69) is 10.3 Å². The number of hydrogen-bond acceptors (Lipinski definition) is 5. The summed E-state index contributed by atoms with van der Waals surface area (Å²) in [5.41, 5.74) is 3.49. The molecule has 0 saturated carbocycles. The van der Waals surface area contributed by atoms with E-state index < -0.39 is 5.97 Å². The summed E-state index contributed by atoms with van der Waals surface area (Å²) in [6.07, 6.45) is 0. The van der Waals surface area contributed by atoms with Gasteiger partial charge < -0.3 is 9.47 Å². The molecule has 0 N–H and O–H groups in total. The molecule has 0 atom stereocenters. The summed E-state index contributed by atoms with van der Waals surface area (Å²) in [4.78, 5) is 12.3. The van der Waals surface area contributed by atoms with Crippen LogP contribution < -0.4 is 4.74 Å². The topological polar surface area (TPSA) is 66.2 Å². The van der Waals surface area contributed by atoms with Gasteiger partial charge in [-0.1, -0.05) is 29.5 Å². The molecule has 0 aliphatic carbocycles. The quantitative estimate of drug-likeness (QED) is 0.667. The van der Waals surface area contributed by atoms with Crippen LogP contribution in [0, 0.1) is 6.92 Å². The van der Waals surface area contributed by atoms with Crippen LogP contribution in [-0.2, 0) is 4.74 Å². The Hall–Kier alpha value is -3.15. The Kier molecular flexibility index (Phi) is 4.79. The van der Waals surface area contributed by atoms with Crippen LogP contribution >= 0.6 is 0 Å². The van der Waals surface area contributed by atoms with Crippen LogP contribution in [0.2, 0.25) is 0 Å². The Morgan fingerprint density at radius 2 is 1.84 bits per heavy atom. The van der Waals surface area contributed by atoms with E-state index in [9.17, 15) is 4.79 Å². The summed E-state index contributed by atoms with van der Waals surface area (Å²) in [5.74, 6) is 0.257. The number of carbonyl (C=O) groups is 1. The highest BCUT2D eigenvalue weighted by molar-refractivity contribution is 5.94. The predicted molar refractivity (Wildman–Crippen MR) is 94.0 cm³/mol. The fourth-order valence-electron chi connectivity index (χ4n) is 2.60. The number of benzene rings is 2. The molecule has 0 fully saturated rings. The Morgan fingerprint density at radius 3 is 2.48 bits per heavy atom. The van der Waals surface area contributed by atoms with Crippen LogP contribution in [0.3, 0.4) is 0 Å². The number of carbonyl (C=O) groups excluding carboxylic acids is 1. The van der Waals surface area contributed by atoms with E-state index in [0.717, 1.165) is 22.6 Å². The predicted octanol–water partition coefficient (Wildman–Crippen LogP) is 3.43. The van der Waals surface area contributed by atoms with E-state index in [0.29, 0.717) is 5.69 Å². The number of ether oxygens (including phenoxy) is 2. The zero-order valence-electron chi connectivity index (χ0n) is 14.4. The van der Waals surface area contributed by atoms with Gasteiger partial charge in [-0.3, -0.25) is 0 Å². The summed E-state index contributed by atoms with van der Waals surface area (Å²) < 4.78 is 12.0. The molecule has 0 aliphatic rings. The molecule has 0 saturated heterocycles. The van der Waals surface area contributed by atoms with Crippen molar-refractivity contribution in [3.8, 4) is 22.7 Å². The molecule has 0 radical (unpaired) electrons. The average molecular weight is 337 g/mol. The highest BCUT2D eigenvalue weighted by Crippen LogP contribution is 2.29. The lowest BCUT2D eigenvalue weighted by Crippen LogP contribution is -2.08. The first-order valence-corrected chi connectivity index (χ1v) is 7.99. The Bertz CT molecular complexity index is 885. The van der Waals surface area contributed by atoms with Gasteiger partial charge in [0.15, 0.2) is 5.69 Å². The molecule has 1 heterocycles. The summed E-state index contributed by atoms with van der Waals surface area (Å²) in [6.45, 7) is 4.02. The lowest BCUT2D eigenvalue weighted by Gasteiger charge is -2.11. The van der Waals surface area contributed by atoms with Crippen molar-refractivity contribution in [3.63, 3.8) is 0 Å². The normalized spacial score (nSPS) is 10.5. The molecule has 3 aromatic rings. The molecule has 128 valence electrons. The van der Waals surface area contributed by atoms with Gasteiger partial charge in [0.25, 0.3) is 0 Å². The Labute approximate surface area is 146 Å².